The van der Waals surface area contributed by atoms with Gasteiger partial charge in [0.05, 0.1) is 13.2 Å². The van der Waals surface area contributed by atoms with Crippen LogP contribution in [0.5, 0.6) is 0 Å². The van der Waals surface area contributed by atoms with Crippen LogP contribution in [0.2, 0.25) is 0 Å². The van der Waals surface area contributed by atoms with Gasteiger partial charge >= 0.3 is 6.03 Å². The van der Waals surface area contributed by atoms with E-state index in [1.807, 2.05) is 0 Å². The van der Waals surface area contributed by atoms with Gasteiger partial charge in [-0.3, -0.25) is 4.98 Å². The Bertz CT molecular complexity index is 436. The lowest BCUT2D eigenvalue weighted by atomic mass is 10.0. The van der Waals surface area contributed by atoms with E-state index in [0.29, 0.717) is 26.3 Å². The van der Waals surface area contributed by atoms with Crippen molar-refractivity contribution in [2.75, 3.05) is 31.6 Å². The van der Waals surface area contributed by atoms with E-state index in [4.69, 9.17) is 9.47 Å². The number of hydrogen-bond donors (Lipinski definition) is 1. The monoisotopic (exact) mass is 263 g/mol. The topological polar surface area (TPSA) is 63.7 Å². The molecule has 102 valence electrons. The molecule has 0 aromatic carbocycles. The molecule has 0 aliphatic carbocycles. The number of anilines is 1. The summed E-state index contributed by atoms with van der Waals surface area (Å²) in [6.45, 7) is 2.61. The first kappa shape index (κ1) is 12.4. The number of likely N-dealkylation sites (tertiary alicyclic amines) is 1. The predicted octanol–water partition coefficient (Wildman–Crippen LogP) is 1.45. The van der Waals surface area contributed by atoms with E-state index in [1.54, 1.807) is 29.4 Å². The minimum absolute atomic E-state index is 0.0842. The fraction of sp³-hybridized carbons (Fsp3) is 0.538. The first-order chi connectivity index (χ1) is 9.27. The third-order valence-corrected chi connectivity index (χ3v) is 3.56. The van der Waals surface area contributed by atoms with Crippen LogP contribution in [-0.4, -0.2) is 48.0 Å². The van der Waals surface area contributed by atoms with Crippen LogP contribution < -0.4 is 5.32 Å². The van der Waals surface area contributed by atoms with Gasteiger partial charge in [-0.2, -0.15) is 0 Å². The van der Waals surface area contributed by atoms with E-state index in [0.717, 1.165) is 18.5 Å². The number of amides is 2. The van der Waals surface area contributed by atoms with E-state index in [1.165, 1.54) is 0 Å². The SMILES string of the molecule is O=C(Nc1ccncc1)N1CCC2(CC1)OCCO2. The van der Waals surface area contributed by atoms with Gasteiger partial charge in [-0.15, -0.1) is 0 Å². The minimum Gasteiger partial charge on any atom is -0.347 e. The average Bonchev–Trinajstić information content (AvgIpc) is 2.89. The molecular formula is C13H17N3O3. The number of piperidine rings is 1. The van der Waals surface area contributed by atoms with Gasteiger partial charge in [0.15, 0.2) is 5.79 Å². The molecular weight excluding hydrogens is 246 g/mol. The van der Waals surface area contributed by atoms with Crippen molar-refractivity contribution in [1.29, 1.82) is 0 Å². The summed E-state index contributed by atoms with van der Waals surface area (Å²) < 4.78 is 11.3. The maximum absolute atomic E-state index is 12.1. The molecule has 3 rings (SSSR count). The van der Waals surface area contributed by atoms with Crippen molar-refractivity contribution in [1.82, 2.24) is 9.88 Å². The Balaban J connectivity index is 1.55. The average molecular weight is 263 g/mol. The van der Waals surface area contributed by atoms with E-state index >= 15 is 0 Å². The zero-order chi connectivity index (χ0) is 13.1. The van der Waals surface area contributed by atoms with Gasteiger partial charge in [-0.05, 0) is 12.1 Å². The van der Waals surface area contributed by atoms with Crippen LogP contribution in [0.3, 0.4) is 0 Å². The standard InChI is InChI=1S/C13H17N3O3/c17-12(15-11-1-5-14-6-2-11)16-7-3-13(4-8-16)18-9-10-19-13/h1-2,5-6H,3-4,7-10H2,(H,14,15,17). The highest BCUT2D eigenvalue weighted by atomic mass is 16.7. The fourth-order valence-corrected chi connectivity index (χ4v) is 2.47. The van der Waals surface area contributed by atoms with E-state index in [-0.39, 0.29) is 6.03 Å². The van der Waals surface area contributed by atoms with Crippen LogP contribution in [0, 0.1) is 0 Å². The van der Waals surface area contributed by atoms with E-state index in [9.17, 15) is 4.79 Å². The summed E-state index contributed by atoms with van der Waals surface area (Å²) in [5.41, 5.74) is 0.758. The van der Waals surface area contributed by atoms with Crippen LogP contribution >= 0.6 is 0 Å². The summed E-state index contributed by atoms with van der Waals surface area (Å²) in [6.07, 6.45) is 4.77. The van der Waals surface area contributed by atoms with Crippen molar-refractivity contribution in [3.63, 3.8) is 0 Å². The maximum atomic E-state index is 12.1. The van der Waals surface area contributed by atoms with Gasteiger partial charge in [0, 0.05) is 44.0 Å². The van der Waals surface area contributed by atoms with Crippen LogP contribution in [0.15, 0.2) is 24.5 Å². The number of carbonyl (C=O) groups excluding carboxylic acids is 1. The maximum Gasteiger partial charge on any atom is 0.321 e. The number of nitrogens with zero attached hydrogens (tertiary/aromatic N) is 2. The lowest BCUT2D eigenvalue weighted by molar-refractivity contribution is -0.181. The van der Waals surface area contributed by atoms with Crippen molar-refractivity contribution < 1.29 is 14.3 Å². The summed E-state index contributed by atoms with van der Waals surface area (Å²) in [6, 6.07) is 3.46. The molecule has 1 N–H and O–H groups in total. The quantitative estimate of drug-likeness (QED) is 0.833. The number of hydrogen-bond acceptors (Lipinski definition) is 4. The number of pyridine rings is 1. The molecule has 0 unspecified atom stereocenters. The van der Waals surface area contributed by atoms with Crippen molar-refractivity contribution in [2.24, 2.45) is 0 Å². The van der Waals surface area contributed by atoms with Gasteiger partial charge in [-0.1, -0.05) is 0 Å². The van der Waals surface area contributed by atoms with Gasteiger partial charge in [-0.25, -0.2) is 4.79 Å². The number of aromatic nitrogens is 1. The summed E-state index contributed by atoms with van der Waals surface area (Å²) >= 11 is 0. The van der Waals surface area contributed by atoms with E-state index < -0.39 is 5.79 Å². The zero-order valence-corrected chi connectivity index (χ0v) is 10.7. The second-order valence-electron chi connectivity index (χ2n) is 4.76. The Kier molecular flexibility index (Phi) is 3.35. The molecule has 1 spiro atoms. The second kappa shape index (κ2) is 5.14. The van der Waals surface area contributed by atoms with Gasteiger partial charge in [0.2, 0.25) is 0 Å². The van der Waals surface area contributed by atoms with Crippen LogP contribution in [0.1, 0.15) is 12.8 Å². The van der Waals surface area contributed by atoms with Crippen molar-refractivity contribution in [3.05, 3.63) is 24.5 Å². The lowest BCUT2D eigenvalue weighted by Gasteiger charge is -2.37. The Morgan fingerprint density at radius 1 is 1.21 bits per heavy atom. The molecule has 0 bridgehead atoms. The van der Waals surface area contributed by atoms with Crippen LogP contribution in [0.25, 0.3) is 0 Å². The summed E-state index contributed by atoms with van der Waals surface area (Å²) in [5, 5.41) is 2.86. The second-order valence-corrected chi connectivity index (χ2v) is 4.76. The molecule has 0 atom stereocenters. The molecule has 2 saturated heterocycles. The van der Waals surface area contributed by atoms with Crippen molar-refractivity contribution >= 4 is 11.7 Å². The molecule has 1 aromatic heterocycles. The van der Waals surface area contributed by atoms with Crippen molar-refractivity contribution in [3.8, 4) is 0 Å². The van der Waals surface area contributed by atoms with Crippen LogP contribution in [0.4, 0.5) is 10.5 Å². The first-order valence-electron chi connectivity index (χ1n) is 6.51. The van der Waals surface area contributed by atoms with Crippen LogP contribution in [-0.2, 0) is 9.47 Å². The van der Waals surface area contributed by atoms with E-state index in [2.05, 4.69) is 10.3 Å². The summed E-state index contributed by atoms with van der Waals surface area (Å²) in [5.74, 6) is -0.437. The number of rotatable bonds is 1. The zero-order valence-electron chi connectivity index (χ0n) is 10.7. The molecule has 0 radical (unpaired) electrons. The van der Waals surface area contributed by atoms with Gasteiger partial charge in [0.1, 0.15) is 0 Å². The molecule has 2 fully saturated rings. The molecule has 2 amide bonds. The Hall–Kier alpha value is -1.66. The molecule has 1 aromatic rings. The molecule has 6 heteroatoms. The van der Waals surface area contributed by atoms with Gasteiger partial charge < -0.3 is 19.7 Å². The predicted molar refractivity (Wildman–Crippen MR) is 68.7 cm³/mol. The molecule has 6 nitrogen and oxygen atoms in total. The number of urea groups is 1. The highest BCUT2D eigenvalue weighted by Gasteiger charge is 2.40. The fourth-order valence-electron chi connectivity index (χ4n) is 2.47. The number of carbonyl (C=O) groups is 1. The normalized spacial score (nSPS) is 21.6. The smallest absolute Gasteiger partial charge is 0.321 e. The molecule has 2 aliphatic rings. The largest absolute Gasteiger partial charge is 0.347 e. The van der Waals surface area contributed by atoms with Crippen molar-refractivity contribution in [2.45, 2.75) is 18.6 Å². The third kappa shape index (κ3) is 2.69. The minimum atomic E-state index is -0.437. The highest BCUT2D eigenvalue weighted by molar-refractivity contribution is 5.89. The molecule has 3 heterocycles. The Morgan fingerprint density at radius 3 is 2.47 bits per heavy atom. The lowest BCUT2D eigenvalue weighted by Crippen LogP contribution is -2.48. The molecule has 19 heavy (non-hydrogen) atoms. The Labute approximate surface area is 111 Å². The summed E-state index contributed by atoms with van der Waals surface area (Å²) in [7, 11) is 0. The Morgan fingerprint density at radius 2 is 1.84 bits per heavy atom. The summed E-state index contributed by atoms with van der Waals surface area (Å²) in [4.78, 5) is 17.8. The first-order valence-corrected chi connectivity index (χ1v) is 6.51. The number of nitrogens with one attached hydrogen (secondary N) is 1. The molecule has 0 saturated carbocycles. The third-order valence-electron chi connectivity index (χ3n) is 3.56. The number of ether oxygens (including phenoxy) is 2. The van der Waals surface area contributed by atoms with Gasteiger partial charge in [0.25, 0.3) is 0 Å². The highest BCUT2D eigenvalue weighted by Crippen LogP contribution is 2.31. The molecule has 2 aliphatic heterocycles.